The summed E-state index contributed by atoms with van der Waals surface area (Å²) in [6.45, 7) is 5.05. The molecule has 2 aliphatic heterocycles. The van der Waals surface area contributed by atoms with E-state index in [1.165, 1.54) is 0 Å². The highest BCUT2D eigenvalue weighted by atomic mass is 35.5. The van der Waals surface area contributed by atoms with Gasteiger partial charge in [-0.15, -0.1) is 0 Å². The van der Waals surface area contributed by atoms with E-state index >= 15 is 0 Å². The number of hydrogen-bond acceptors (Lipinski definition) is 8. The van der Waals surface area contributed by atoms with Gasteiger partial charge in [-0.3, -0.25) is 9.11 Å². The smallest absolute Gasteiger partial charge is 0.229 e. The van der Waals surface area contributed by atoms with E-state index in [1.54, 1.807) is 0 Å². The zero-order valence-electron chi connectivity index (χ0n) is 20.1. The van der Waals surface area contributed by atoms with Crippen molar-refractivity contribution in [1.82, 2.24) is 24.8 Å². The lowest BCUT2D eigenvalue weighted by Crippen LogP contribution is -2.37. The fraction of sp³-hybridized carbons (Fsp3) is 0.346. The standard InChI is InChI=1S/C26H25ClN6O3S/c27-19-1-2-20-17(3-4-28-20)21(19)24-30-22-18-13-16(15-32-7-11-37(34)12-8-32)14-29-26(18)36-23(22)25(31-24)33-5-9-35-10-6-33/h1-4,13-14,28H,5-12,15H2. The van der Waals surface area contributed by atoms with Crippen molar-refractivity contribution in [2.75, 3.05) is 55.8 Å². The highest BCUT2D eigenvalue weighted by molar-refractivity contribution is 7.85. The van der Waals surface area contributed by atoms with Crippen molar-refractivity contribution in [3.8, 4) is 11.4 Å². The molecule has 37 heavy (non-hydrogen) atoms. The Bertz CT molecular complexity index is 1650. The molecule has 11 heteroatoms. The number of rotatable bonds is 4. The number of anilines is 1. The summed E-state index contributed by atoms with van der Waals surface area (Å²) in [4.78, 5) is 22.4. The third-order valence-electron chi connectivity index (χ3n) is 7.10. The maximum Gasteiger partial charge on any atom is 0.229 e. The lowest BCUT2D eigenvalue weighted by molar-refractivity contribution is 0.122. The summed E-state index contributed by atoms with van der Waals surface area (Å²) in [6.07, 6.45) is 3.75. The van der Waals surface area contributed by atoms with E-state index in [0.29, 0.717) is 48.4 Å². The van der Waals surface area contributed by atoms with E-state index in [9.17, 15) is 4.21 Å². The molecule has 0 atom stereocenters. The molecule has 4 aromatic heterocycles. The highest BCUT2D eigenvalue weighted by Crippen LogP contribution is 2.38. The molecule has 0 aliphatic carbocycles. The van der Waals surface area contributed by atoms with Crippen molar-refractivity contribution in [3.63, 3.8) is 0 Å². The molecule has 0 radical (unpaired) electrons. The molecule has 1 N–H and O–H groups in total. The second-order valence-corrected chi connectivity index (χ2v) is 11.5. The van der Waals surface area contributed by atoms with Crippen LogP contribution in [0, 0.1) is 0 Å². The Labute approximate surface area is 220 Å². The number of ether oxygens (including phenoxy) is 1. The van der Waals surface area contributed by atoms with Crippen molar-refractivity contribution in [2.45, 2.75) is 6.54 Å². The van der Waals surface area contributed by atoms with Crippen LogP contribution < -0.4 is 4.90 Å². The Kier molecular flexibility index (Phi) is 5.84. The largest absolute Gasteiger partial charge is 0.432 e. The van der Waals surface area contributed by atoms with Crippen molar-refractivity contribution >= 4 is 61.3 Å². The van der Waals surface area contributed by atoms with Crippen LogP contribution in [0.2, 0.25) is 5.02 Å². The van der Waals surface area contributed by atoms with Gasteiger partial charge in [0.15, 0.2) is 17.2 Å². The van der Waals surface area contributed by atoms with Crippen molar-refractivity contribution in [3.05, 3.63) is 47.2 Å². The van der Waals surface area contributed by atoms with Crippen LogP contribution in [-0.4, -0.2) is 79.9 Å². The van der Waals surface area contributed by atoms with Crippen LogP contribution in [-0.2, 0) is 22.1 Å². The third-order valence-corrected chi connectivity index (χ3v) is 8.69. The average Bonchev–Trinajstić information content (AvgIpc) is 3.54. The third kappa shape index (κ3) is 4.17. The van der Waals surface area contributed by atoms with Gasteiger partial charge in [-0.25, -0.2) is 15.0 Å². The first kappa shape index (κ1) is 23.1. The molecule has 0 amide bonds. The minimum atomic E-state index is -0.705. The molecule has 2 aliphatic rings. The molecule has 0 bridgehead atoms. The molecule has 6 heterocycles. The summed E-state index contributed by atoms with van der Waals surface area (Å²) in [7, 11) is -0.705. The Morgan fingerprint density at radius 1 is 1.05 bits per heavy atom. The minimum absolute atomic E-state index is 0.533. The summed E-state index contributed by atoms with van der Waals surface area (Å²) < 4.78 is 23.6. The van der Waals surface area contributed by atoms with Gasteiger partial charge >= 0.3 is 0 Å². The SMILES string of the molecule is O=S1CCN(Cc2cnc3oc4c(N5CCOCC5)nc(-c5c(Cl)ccc6[nH]ccc56)nc4c3c2)CC1. The number of aromatic amines is 1. The maximum absolute atomic E-state index is 11.8. The zero-order valence-corrected chi connectivity index (χ0v) is 21.6. The van der Waals surface area contributed by atoms with E-state index < -0.39 is 10.8 Å². The zero-order chi connectivity index (χ0) is 24.9. The quantitative estimate of drug-likeness (QED) is 0.368. The lowest BCUT2D eigenvalue weighted by Gasteiger charge is -2.27. The molecule has 0 saturated carbocycles. The molecule has 190 valence electrons. The normalized spacial score (nSPS) is 17.9. The fourth-order valence-electron chi connectivity index (χ4n) is 5.17. The fourth-order valence-corrected chi connectivity index (χ4v) is 6.55. The number of hydrogen-bond donors (Lipinski definition) is 1. The molecular weight excluding hydrogens is 512 g/mol. The Hall–Kier alpha value is -3.05. The first-order valence-electron chi connectivity index (χ1n) is 12.4. The second kappa shape index (κ2) is 9.36. The van der Waals surface area contributed by atoms with Crippen LogP contribution in [0.4, 0.5) is 5.82 Å². The number of nitrogens with zero attached hydrogens (tertiary/aromatic N) is 5. The Morgan fingerprint density at radius 3 is 2.73 bits per heavy atom. The minimum Gasteiger partial charge on any atom is -0.432 e. The van der Waals surface area contributed by atoms with Gasteiger partial charge < -0.3 is 19.0 Å². The van der Waals surface area contributed by atoms with Gasteiger partial charge in [0.2, 0.25) is 5.71 Å². The van der Waals surface area contributed by atoms with E-state index in [4.69, 9.17) is 30.7 Å². The maximum atomic E-state index is 11.8. The van der Waals surface area contributed by atoms with Gasteiger partial charge in [-0.1, -0.05) is 11.6 Å². The monoisotopic (exact) mass is 536 g/mol. The van der Waals surface area contributed by atoms with Gasteiger partial charge in [0.1, 0.15) is 5.52 Å². The predicted molar refractivity (Wildman–Crippen MR) is 146 cm³/mol. The van der Waals surface area contributed by atoms with Crippen molar-refractivity contribution in [1.29, 1.82) is 0 Å². The van der Waals surface area contributed by atoms with Crippen LogP contribution >= 0.6 is 11.6 Å². The molecule has 0 spiro atoms. The summed E-state index contributed by atoms with van der Waals surface area (Å²) in [5.41, 5.74) is 4.71. The number of H-pyrrole nitrogens is 1. The number of nitrogens with one attached hydrogen (secondary N) is 1. The average molecular weight is 537 g/mol. The number of pyridine rings is 1. The first-order valence-corrected chi connectivity index (χ1v) is 14.3. The number of aromatic nitrogens is 4. The summed E-state index contributed by atoms with van der Waals surface area (Å²) in [6, 6.07) is 7.94. The van der Waals surface area contributed by atoms with E-state index in [2.05, 4.69) is 25.8 Å². The first-order chi connectivity index (χ1) is 18.1. The van der Waals surface area contributed by atoms with Crippen LogP contribution in [0.5, 0.6) is 0 Å². The molecule has 7 rings (SSSR count). The van der Waals surface area contributed by atoms with Gasteiger partial charge in [-0.05, 0) is 29.8 Å². The van der Waals surface area contributed by atoms with Gasteiger partial charge in [-0.2, -0.15) is 0 Å². The predicted octanol–water partition coefficient (Wildman–Crippen LogP) is 3.97. The van der Waals surface area contributed by atoms with Crippen LogP contribution in [0.3, 0.4) is 0 Å². The molecule has 2 fully saturated rings. The summed E-state index contributed by atoms with van der Waals surface area (Å²) in [5, 5.41) is 2.41. The molecular formula is C26H25ClN6O3S. The molecule has 9 nitrogen and oxygen atoms in total. The van der Waals surface area contributed by atoms with Crippen LogP contribution in [0.15, 0.2) is 41.1 Å². The summed E-state index contributed by atoms with van der Waals surface area (Å²) >= 11 is 6.73. The number of halogens is 1. The van der Waals surface area contributed by atoms with E-state index in [-0.39, 0.29) is 0 Å². The van der Waals surface area contributed by atoms with E-state index in [1.807, 2.05) is 30.6 Å². The van der Waals surface area contributed by atoms with Crippen molar-refractivity contribution in [2.24, 2.45) is 0 Å². The lowest BCUT2D eigenvalue weighted by atomic mass is 10.1. The topological polar surface area (TPSA) is 100 Å². The highest BCUT2D eigenvalue weighted by Gasteiger charge is 2.25. The van der Waals surface area contributed by atoms with Crippen LogP contribution in [0.1, 0.15) is 5.56 Å². The number of morpholine rings is 1. The molecule has 5 aromatic rings. The van der Waals surface area contributed by atoms with Gasteiger partial charge in [0.25, 0.3) is 0 Å². The van der Waals surface area contributed by atoms with E-state index in [0.717, 1.165) is 69.9 Å². The van der Waals surface area contributed by atoms with Crippen molar-refractivity contribution < 1.29 is 13.4 Å². The molecule has 2 saturated heterocycles. The Morgan fingerprint density at radius 2 is 1.89 bits per heavy atom. The number of fused-ring (bicyclic) bond motifs is 4. The van der Waals surface area contributed by atoms with Gasteiger partial charge in [0.05, 0.1) is 23.6 Å². The number of benzene rings is 1. The van der Waals surface area contributed by atoms with Gasteiger partial charge in [0, 0.05) is 83.9 Å². The van der Waals surface area contributed by atoms with Crippen LogP contribution in [0.25, 0.3) is 44.5 Å². The summed E-state index contributed by atoms with van der Waals surface area (Å²) in [5.74, 6) is 2.71. The number of furan rings is 1. The Balaban J connectivity index is 1.40. The molecule has 0 unspecified atom stereocenters. The molecule has 1 aromatic carbocycles. The second-order valence-electron chi connectivity index (χ2n) is 9.43.